The molecule has 2 nitrogen and oxygen atoms in total. The van der Waals surface area contributed by atoms with E-state index in [-0.39, 0.29) is 0 Å². The van der Waals surface area contributed by atoms with Crippen LogP contribution in [0.25, 0.3) is 0 Å². The molecular weight excluding hydrogens is 220 g/mol. The molecule has 0 radical (unpaired) electrons. The third-order valence-corrected chi connectivity index (χ3v) is 4.81. The third kappa shape index (κ3) is 2.03. The first kappa shape index (κ1) is 12.0. The van der Waals surface area contributed by atoms with E-state index in [9.17, 15) is 0 Å². The Morgan fingerprint density at radius 2 is 2.11 bits per heavy atom. The van der Waals surface area contributed by atoms with Crippen molar-refractivity contribution < 1.29 is 0 Å². The number of hydrogen-bond donors (Lipinski definition) is 1. The maximum Gasteiger partial charge on any atom is 0.0402 e. The SMILES string of the molecule is CNC1CCCC1CN1c2ccccc2CC1C. The molecule has 0 aromatic heterocycles. The molecule has 98 valence electrons. The van der Waals surface area contributed by atoms with E-state index in [0.29, 0.717) is 6.04 Å². The Morgan fingerprint density at radius 3 is 2.94 bits per heavy atom. The van der Waals surface area contributed by atoms with Gasteiger partial charge < -0.3 is 10.2 Å². The van der Waals surface area contributed by atoms with Crippen LogP contribution in [0.4, 0.5) is 5.69 Å². The Morgan fingerprint density at radius 1 is 1.28 bits per heavy atom. The molecular formula is C16H24N2. The largest absolute Gasteiger partial charge is 0.368 e. The molecule has 1 N–H and O–H groups in total. The molecule has 1 aliphatic carbocycles. The van der Waals surface area contributed by atoms with Gasteiger partial charge in [0.25, 0.3) is 0 Å². The summed E-state index contributed by atoms with van der Waals surface area (Å²) >= 11 is 0. The molecule has 1 fully saturated rings. The Bertz CT molecular complexity index is 415. The smallest absolute Gasteiger partial charge is 0.0402 e. The fourth-order valence-electron chi connectivity index (χ4n) is 3.80. The van der Waals surface area contributed by atoms with Crippen molar-refractivity contribution in [1.29, 1.82) is 0 Å². The number of para-hydroxylation sites is 1. The van der Waals surface area contributed by atoms with E-state index in [2.05, 4.69) is 48.5 Å². The number of anilines is 1. The molecule has 0 bridgehead atoms. The van der Waals surface area contributed by atoms with Gasteiger partial charge in [0.1, 0.15) is 0 Å². The van der Waals surface area contributed by atoms with Gasteiger partial charge in [0.2, 0.25) is 0 Å². The van der Waals surface area contributed by atoms with E-state index >= 15 is 0 Å². The van der Waals surface area contributed by atoms with Crippen LogP contribution in [0.3, 0.4) is 0 Å². The van der Waals surface area contributed by atoms with Gasteiger partial charge in [0.15, 0.2) is 0 Å². The molecule has 1 aliphatic heterocycles. The van der Waals surface area contributed by atoms with Crippen molar-refractivity contribution in [3.63, 3.8) is 0 Å². The van der Waals surface area contributed by atoms with E-state index in [1.54, 1.807) is 0 Å². The highest BCUT2D eigenvalue weighted by molar-refractivity contribution is 5.59. The van der Waals surface area contributed by atoms with Crippen LogP contribution in [0.1, 0.15) is 31.7 Å². The fraction of sp³-hybridized carbons (Fsp3) is 0.625. The molecule has 1 aromatic rings. The summed E-state index contributed by atoms with van der Waals surface area (Å²) in [5, 5.41) is 3.50. The second-order valence-corrected chi connectivity index (χ2v) is 5.92. The van der Waals surface area contributed by atoms with Gasteiger partial charge in [-0.1, -0.05) is 24.6 Å². The number of nitrogens with one attached hydrogen (secondary N) is 1. The zero-order valence-electron chi connectivity index (χ0n) is 11.5. The van der Waals surface area contributed by atoms with Crippen molar-refractivity contribution >= 4 is 5.69 Å². The van der Waals surface area contributed by atoms with Crippen LogP contribution >= 0.6 is 0 Å². The summed E-state index contributed by atoms with van der Waals surface area (Å²) in [6.45, 7) is 3.59. The molecule has 3 atom stereocenters. The van der Waals surface area contributed by atoms with Gasteiger partial charge in [-0.2, -0.15) is 0 Å². The molecule has 1 heterocycles. The average Bonchev–Trinajstić information content (AvgIpc) is 2.95. The van der Waals surface area contributed by atoms with Crippen molar-refractivity contribution in [2.45, 2.75) is 44.7 Å². The van der Waals surface area contributed by atoms with Crippen molar-refractivity contribution in [3.8, 4) is 0 Å². The quantitative estimate of drug-likeness (QED) is 0.879. The van der Waals surface area contributed by atoms with Crippen LogP contribution < -0.4 is 10.2 Å². The minimum atomic E-state index is 0.667. The zero-order chi connectivity index (χ0) is 12.5. The minimum absolute atomic E-state index is 0.667. The summed E-state index contributed by atoms with van der Waals surface area (Å²) in [6.07, 6.45) is 5.34. The summed E-state index contributed by atoms with van der Waals surface area (Å²) in [6, 6.07) is 10.3. The predicted molar refractivity (Wildman–Crippen MR) is 77.1 cm³/mol. The second kappa shape index (κ2) is 4.93. The van der Waals surface area contributed by atoms with Crippen LogP contribution in [-0.2, 0) is 6.42 Å². The summed E-state index contributed by atoms with van der Waals surface area (Å²) in [5.41, 5.74) is 3.01. The Labute approximate surface area is 110 Å². The van der Waals surface area contributed by atoms with Crippen LogP contribution in [-0.4, -0.2) is 25.7 Å². The average molecular weight is 244 g/mol. The highest BCUT2D eigenvalue weighted by Gasteiger charge is 2.32. The third-order valence-electron chi connectivity index (χ3n) is 4.81. The topological polar surface area (TPSA) is 15.3 Å². The summed E-state index contributed by atoms with van der Waals surface area (Å²) in [5.74, 6) is 0.823. The van der Waals surface area contributed by atoms with Gasteiger partial charge in [-0.05, 0) is 50.8 Å². The maximum absolute atomic E-state index is 3.50. The van der Waals surface area contributed by atoms with Gasteiger partial charge in [0, 0.05) is 24.3 Å². The lowest BCUT2D eigenvalue weighted by Crippen LogP contribution is -2.40. The van der Waals surface area contributed by atoms with Crippen LogP contribution in [0.15, 0.2) is 24.3 Å². The predicted octanol–water partition coefficient (Wildman–Crippen LogP) is 2.83. The van der Waals surface area contributed by atoms with Crippen molar-refractivity contribution in [1.82, 2.24) is 5.32 Å². The first-order valence-electron chi connectivity index (χ1n) is 7.31. The van der Waals surface area contributed by atoms with Gasteiger partial charge in [-0.25, -0.2) is 0 Å². The van der Waals surface area contributed by atoms with E-state index < -0.39 is 0 Å². The minimum Gasteiger partial charge on any atom is -0.368 e. The van der Waals surface area contributed by atoms with E-state index in [1.165, 1.54) is 43.5 Å². The number of hydrogen-bond acceptors (Lipinski definition) is 2. The van der Waals surface area contributed by atoms with E-state index in [4.69, 9.17) is 0 Å². The highest BCUT2D eigenvalue weighted by atomic mass is 15.2. The van der Waals surface area contributed by atoms with Gasteiger partial charge in [0.05, 0.1) is 0 Å². The maximum atomic E-state index is 3.50. The van der Waals surface area contributed by atoms with Crippen molar-refractivity contribution in [2.24, 2.45) is 5.92 Å². The first-order chi connectivity index (χ1) is 8.79. The Balaban J connectivity index is 1.76. The Hall–Kier alpha value is -1.02. The number of nitrogens with zero attached hydrogens (tertiary/aromatic N) is 1. The second-order valence-electron chi connectivity index (χ2n) is 5.92. The van der Waals surface area contributed by atoms with Crippen LogP contribution in [0, 0.1) is 5.92 Å². The fourth-order valence-corrected chi connectivity index (χ4v) is 3.80. The highest BCUT2D eigenvalue weighted by Crippen LogP contribution is 2.35. The van der Waals surface area contributed by atoms with Crippen molar-refractivity contribution in [3.05, 3.63) is 29.8 Å². The normalized spacial score (nSPS) is 30.8. The standard InChI is InChI=1S/C16H24N2/c1-12-10-13-6-3-4-9-16(13)18(12)11-14-7-5-8-15(14)17-2/h3-4,6,9,12,14-15,17H,5,7-8,10-11H2,1-2H3. The lowest BCUT2D eigenvalue weighted by Gasteiger charge is -2.30. The molecule has 0 saturated heterocycles. The molecule has 3 rings (SSSR count). The lowest BCUT2D eigenvalue weighted by molar-refractivity contribution is 0.414. The molecule has 1 saturated carbocycles. The molecule has 2 aliphatic rings. The lowest BCUT2D eigenvalue weighted by atomic mass is 10.0. The zero-order valence-corrected chi connectivity index (χ0v) is 11.5. The van der Waals surface area contributed by atoms with E-state index in [1.807, 2.05) is 0 Å². The van der Waals surface area contributed by atoms with Crippen LogP contribution in [0.5, 0.6) is 0 Å². The molecule has 0 spiro atoms. The molecule has 0 amide bonds. The molecule has 18 heavy (non-hydrogen) atoms. The monoisotopic (exact) mass is 244 g/mol. The van der Waals surface area contributed by atoms with Gasteiger partial charge >= 0.3 is 0 Å². The van der Waals surface area contributed by atoms with E-state index in [0.717, 1.165) is 12.0 Å². The van der Waals surface area contributed by atoms with Crippen LogP contribution in [0.2, 0.25) is 0 Å². The summed E-state index contributed by atoms with van der Waals surface area (Å²) < 4.78 is 0. The summed E-state index contributed by atoms with van der Waals surface area (Å²) in [4.78, 5) is 2.63. The molecule has 2 heteroatoms. The molecule has 3 unspecified atom stereocenters. The molecule has 1 aromatic carbocycles. The van der Waals surface area contributed by atoms with Crippen molar-refractivity contribution in [2.75, 3.05) is 18.5 Å². The summed E-state index contributed by atoms with van der Waals surface area (Å²) in [7, 11) is 2.12. The van der Waals surface area contributed by atoms with Gasteiger partial charge in [-0.15, -0.1) is 0 Å². The number of fused-ring (bicyclic) bond motifs is 1. The number of benzene rings is 1. The first-order valence-corrected chi connectivity index (χ1v) is 7.31. The number of rotatable bonds is 3. The Kier molecular flexibility index (Phi) is 3.29. The van der Waals surface area contributed by atoms with Gasteiger partial charge in [-0.3, -0.25) is 0 Å².